The summed E-state index contributed by atoms with van der Waals surface area (Å²) >= 11 is 0. The standard InChI is InChI=1S/C17H18N4O/c1-11(22)12-5-6-13-14(15(12)21-8-7-18-10-21)19-9-20-16(13)17(2,3)4/h5-10H,1-4H3. The summed E-state index contributed by atoms with van der Waals surface area (Å²) in [6, 6.07) is 3.78. The molecule has 0 spiro atoms. The van der Waals surface area contributed by atoms with E-state index in [-0.39, 0.29) is 11.2 Å². The number of benzene rings is 1. The summed E-state index contributed by atoms with van der Waals surface area (Å²) in [5.74, 6) is 0.00141. The number of fused-ring (bicyclic) bond motifs is 1. The van der Waals surface area contributed by atoms with Crippen molar-refractivity contribution in [1.82, 2.24) is 19.5 Å². The number of nitrogens with zero attached hydrogens (tertiary/aromatic N) is 4. The third-order valence-corrected chi connectivity index (χ3v) is 3.63. The second-order valence-electron chi connectivity index (χ2n) is 6.36. The zero-order chi connectivity index (χ0) is 15.9. The molecule has 0 aliphatic rings. The molecule has 0 saturated heterocycles. The van der Waals surface area contributed by atoms with Crippen molar-refractivity contribution < 1.29 is 4.79 Å². The topological polar surface area (TPSA) is 60.7 Å². The fourth-order valence-electron chi connectivity index (χ4n) is 2.65. The molecule has 2 heterocycles. The minimum absolute atomic E-state index is 0.00141. The van der Waals surface area contributed by atoms with Crippen LogP contribution < -0.4 is 0 Å². The average molecular weight is 294 g/mol. The van der Waals surface area contributed by atoms with Crippen LogP contribution in [0, 0.1) is 0 Å². The molecule has 3 rings (SSSR count). The Balaban J connectivity index is 2.44. The Morgan fingerprint density at radius 2 is 1.95 bits per heavy atom. The van der Waals surface area contributed by atoms with Gasteiger partial charge in [0, 0.05) is 28.8 Å². The van der Waals surface area contributed by atoms with Crippen LogP contribution in [-0.2, 0) is 5.41 Å². The number of Topliss-reactive ketones (excluding diaryl/α,β-unsaturated/α-hetero) is 1. The van der Waals surface area contributed by atoms with Gasteiger partial charge in [0.05, 0.1) is 23.2 Å². The Hall–Kier alpha value is -2.56. The molecule has 0 N–H and O–H groups in total. The Bertz CT molecular complexity index is 845. The van der Waals surface area contributed by atoms with E-state index < -0.39 is 0 Å². The summed E-state index contributed by atoms with van der Waals surface area (Å²) < 4.78 is 1.83. The Kier molecular flexibility index (Phi) is 3.28. The molecule has 0 bridgehead atoms. The molecule has 2 aromatic heterocycles. The van der Waals surface area contributed by atoms with Crippen LogP contribution in [0.2, 0.25) is 0 Å². The number of rotatable bonds is 2. The number of carbonyl (C=O) groups excluding carboxylic acids is 1. The minimum atomic E-state index is -0.106. The van der Waals surface area contributed by atoms with Crippen LogP contribution in [0.5, 0.6) is 0 Å². The molecule has 112 valence electrons. The molecule has 0 aliphatic heterocycles. The lowest BCUT2D eigenvalue weighted by Crippen LogP contribution is -2.15. The zero-order valence-electron chi connectivity index (χ0n) is 13.2. The van der Waals surface area contributed by atoms with Crippen LogP contribution >= 0.6 is 0 Å². The highest BCUT2D eigenvalue weighted by Crippen LogP contribution is 2.31. The highest BCUT2D eigenvalue weighted by atomic mass is 16.1. The van der Waals surface area contributed by atoms with Gasteiger partial charge < -0.3 is 4.57 Å². The van der Waals surface area contributed by atoms with E-state index in [1.165, 1.54) is 0 Å². The van der Waals surface area contributed by atoms with E-state index in [9.17, 15) is 4.79 Å². The van der Waals surface area contributed by atoms with Gasteiger partial charge in [-0.2, -0.15) is 0 Å². The van der Waals surface area contributed by atoms with Gasteiger partial charge in [0.1, 0.15) is 6.33 Å². The summed E-state index contributed by atoms with van der Waals surface area (Å²) in [6.07, 6.45) is 6.75. The number of hydrogen-bond acceptors (Lipinski definition) is 4. The molecule has 5 heteroatoms. The lowest BCUT2D eigenvalue weighted by molar-refractivity contribution is 0.101. The molecule has 22 heavy (non-hydrogen) atoms. The average Bonchev–Trinajstić information content (AvgIpc) is 2.97. The van der Waals surface area contributed by atoms with Crippen LogP contribution in [0.1, 0.15) is 43.7 Å². The van der Waals surface area contributed by atoms with Crippen molar-refractivity contribution >= 4 is 16.7 Å². The fraction of sp³-hybridized carbons (Fsp3) is 0.294. The molecular formula is C17H18N4O. The van der Waals surface area contributed by atoms with Gasteiger partial charge in [-0.05, 0) is 13.0 Å². The van der Waals surface area contributed by atoms with Crippen molar-refractivity contribution in [2.24, 2.45) is 0 Å². The van der Waals surface area contributed by atoms with Gasteiger partial charge in [-0.25, -0.2) is 15.0 Å². The molecule has 0 amide bonds. The number of hydrogen-bond donors (Lipinski definition) is 0. The SMILES string of the molecule is CC(=O)c1ccc2c(C(C)(C)C)ncnc2c1-n1ccnc1. The highest BCUT2D eigenvalue weighted by molar-refractivity contribution is 6.04. The first-order chi connectivity index (χ1) is 10.4. The van der Waals surface area contributed by atoms with Crippen LogP contribution in [-0.4, -0.2) is 25.3 Å². The monoisotopic (exact) mass is 294 g/mol. The van der Waals surface area contributed by atoms with E-state index in [1.807, 2.05) is 22.9 Å². The normalized spacial score (nSPS) is 11.8. The summed E-state index contributed by atoms with van der Waals surface area (Å²) in [5.41, 5.74) is 3.02. The molecule has 0 fully saturated rings. The largest absolute Gasteiger partial charge is 0.303 e. The maximum atomic E-state index is 12.0. The zero-order valence-corrected chi connectivity index (χ0v) is 13.2. The maximum Gasteiger partial charge on any atom is 0.161 e. The summed E-state index contributed by atoms with van der Waals surface area (Å²) in [6.45, 7) is 7.91. The summed E-state index contributed by atoms with van der Waals surface area (Å²) in [5, 5.41) is 0.962. The van der Waals surface area contributed by atoms with Crippen LogP contribution in [0.25, 0.3) is 16.6 Å². The molecule has 0 atom stereocenters. The number of carbonyl (C=O) groups is 1. The van der Waals surface area contributed by atoms with Crippen molar-refractivity contribution in [1.29, 1.82) is 0 Å². The van der Waals surface area contributed by atoms with Crippen molar-refractivity contribution in [3.8, 4) is 5.69 Å². The molecule has 3 aromatic rings. The Morgan fingerprint density at radius 1 is 1.18 bits per heavy atom. The van der Waals surface area contributed by atoms with Gasteiger partial charge in [0.25, 0.3) is 0 Å². The van der Waals surface area contributed by atoms with E-state index in [2.05, 4.69) is 35.7 Å². The maximum absolute atomic E-state index is 12.0. The van der Waals surface area contributed by atoms with Crippen LogP contribution in [0.4, 0.5) is 0 Å². The quantitative estimate of drug-likeness (QED) is 0.680. The first-order valence-corrected chi connectivity index (χ1v) is 7.17. The van der Waals surface area contributed by atoms with Crippen molar-refractivity contribution in [2.45, 2.75) is 33.1 Å². The lowest BCUT2D eigenvalue weighted by Gasteiger charge is -2.21. The van der Waals surface area contributed by atoms with Gasteiger partial charge in [0.2, 0.25) is 0 Å². The first kappa shape index (κ1) is 14.4. The second-order valence-corrected chi connectivity index (χ2v) is 6.36. The van der Waals surface area contributed by atoms with Crippen molar-refractivity contribution in [2.75, 3.05) is 0 Å². The van der Waals surface area contributed by atoms with Gasteiger partial charge in [-0.15, -0.1) is 0 Å². The first-order valence-electron chi connectivity index (χ1n) is 7.17. The number of aromatic nitrogens is 4. The third kappa shape index (κ3) is 2.28. The van der Waals surface area contributed by atoms with Crippen LogP contribution in [0.3, 0.4) is 0 Å². The highest BCUT2D eigenvalue weighted by Gasteiger charge is 2.22. The molecule has 0 saturated carbocycles. The predicted octanol–water partition coefficient (Wildman–Crippen LogP) is 3.32. The van der Waals surface area contributed by atoms with Gasteiger partial charge in [-0.1, -0.05) is 26.8 Å². The van der Waals surface area contributed by atoms with Crippen molar-refractivity contribution in [3.05, 3.63) is 48.4 Å². The predicted molar refractivity (Wildman–Crippen MR) is 85.4 cm³/mol. The molecular weight excluding hydrogens is 276 g/mol. The van der Waals surface area contributed by atoms with E-state index in [0.717, 1.165) is 22.3 Å². The van der Waals surface area contributed by atoms with Crippen LogP contribution in [0.15, 0.2) is 37.2 Å². The molecule has 1 aromatic carbocycles. The van der Waals surface area contributed by atoms with E-state index in [1.54, 1.807) is 25.8 Å². The van der Waals surface area contributed by atoms with Gasteiger partial charge in [0.15, 0.2) is 5.78 Å². The number of ketones is 1. The molecule has 5 nitrogen and oxygen atoms in total. The minimum Gasteiger partial charge on any atom is -0.303 e. The number of imidazole rings is 1. The lowest BCUT2D eigenvalue weighted by atomic mass is 9.88. The van der Waals surface area contributed by atoms with E-state index in [4.69, 9.17) is 0 Å². The third-order valence-electron chi connectivity index (χ3n) is 3.63. The Labute approximate surface area is 129 Å². The summed E-state index contributed by atoms with van der Waals surface area (Å²) in [4.78, 5) is 25.0. The van der Waals surface area contributed by atoms with E-state index in [0.29, 0.717) is 5.56 Å². The van der Waals surface area contributed by atoms with E-state index >= 15 is 0 Å². The summed E-state index contributed by atoms with van der Waals surface area (Å²) in [7, 11) is 0. The Morgan fingerprint density at radius 3 is 2.55 bits per heavy atom. The van der Waals surface area contributed by atoms with Crippen molar-refractivity contribution in [3.63, 3.8) is 0 Å². The smallest absolute Gasteiger partial charge is 0.161 e. The molecule has 0 aliphatic carbocycles. The molecule has 0 unspecified atom stereocenters. The second kappa shape index (κ2) is 5.02. The van der Waals surface area contributed by atoms with Gasteiger partial charge >= 0.3 is 0 Å². The fourth-order valence-corrected chi connectivity index (χ4v) is 2.65. The molecule has 0 radical (unpaired) electrons. The van der Waals surface area contributed by atoms with Gasteiger partial charge in [-0.3, -0.25) is 4.79 Å².